The Bertz CT molecular complexity index is 607. The van der Waals surface area contributed by atoms with Crippen LogP contribution in [0.3, 0.4) is 0 Å². The predicted octanol–water partition coefficient (Wildman–Crippen LogP) is 4.58. The molecule has 0 amide bonds. The van der Waals surface area contributed by atoms with Gasteiger partial charge in [-0.25, -0.2) is 0 Å². The lowest BCUT2D eigenvalue weighted by Gasteiger charge is -2.25. The minimum absolute atomic E-state index is 0.263. The fourth-order valence-electron chi connectivity index (χ4n) is 3.90. The van der Waals surface area contributed by atoms with Crippen molar-refractivity contribution in [3.8, 4) is 0 Å². The summed E-state index contributed by atoms with van der Waals surface area (Å²) in [5.74, 6) is -0.452. The summed E-state index contributed by atoms with van der Waals surface area (Å²) in [6.45, 7) is 1.57. The maximum atomic E-state index is 13.2. The monoisotopic (exact) mass is 360 g/mol. The minimum atomic E-state index is -4.30. The second kappa shape index (κ2) is 6.67. The molecule has 0 bridgehead atoms. The Labute approximate surface area is 144 Å². The molecule has 1 N–H and O–H groups in total. The van der Waals surface area contributed by atoms with Crippen molar-refractivity contribution < 1.29 is 18.3 Å². The molecule has 1 fully saturated rings. The van der Waals surface area contributed by atoms with Gasteiger partial charge in [0.15, 0.2) is 6.04 Å². The highest BCUT2D eigenvalue weighted by Gasteiger charge is 2.51. The van der Waals surface area contributed by atoms with Gasteiger partial charge in [0.2, 0.25) is 0 Å². The molecular weight excluding hydrogens is 337 g/mol. The Hall–Kier alpha value is -1.08. The summed E-state index contributed by atoms with van der Waals surface area (Å²) in [7, 11) is 1.37. The summed E-state index contributed by atoms with van der Waals surface area (Å²) in [6.07, 6.45) is 0.718. The molecule has 1 saturated carbocycles. The van der Waals surface area contributed by atoms with Crippen LogP contribution < -0.4 is 0 Å². The van der Waals surface area contributed by atoms with Crippen molar-refractivity contribution in [3.05, 3.63) is 21.9 Å². The quantitative estimate of drug-likeness (QED) is 0.856. The van der Waals surface area contributed by atoms with Gasteiger partial charge in [-0.05, 0) is 30.9 Å². The molecule has 0 radical (unpaired) electrons. The third-order valence-electron chi connectivity index (χ3n) is 5.18. The van der Waals surface area contributed by atoms with Crippen molar-refractivity contribution in [2.75, 3.05) is 7.05 Å². The second-order valence-corrected chi connectivity index (χ2v) is 7.99. The van der Waals surface area contributed by atoms with Crippen LogP contribution in [-0.2, 0) is 0 Å². The summed E-state index contributed by atoms with van der Waals surface area (Å²) in [4.78, 5) is 1.57. The zero-order chi connectivity index (χ0) is 17.5. The fourth-order valence-corrected chi connectivity index (χ4v) is 5.07. The molecule has 2 aliphatic rings. The molecule has 2 heterocycles. The number of rotatable bonds is 3. The van der Waals surface area contributed by atoms with Gasteiger partial charge in [-0.2, -0.15) is 18.3 Å². The lowest BCUT2D eigenvalue weighted by Crippen LogP contribution is -2.42. The molecule has 0 aromatic carbocycles. The molecule has 3 nitrogen and oxygen atoms in total. The molecule has 3 atom stereocenters. The van der Waals surface area contributed by atoms with Gasteiger partial charge in [-0.3, -0.25) is 5.01 Å². The van der Waals surface area contributed by atoms with Crippen LogP contribution in [-0.4, -0.2) is 35.1 Å². The summed E-state index contributed by atoms with van der Waals surface area (Å²) >= 11 is 1.38. The molecule has 134 valence electrons. The molecule has 0 saturated heterocycles. The van der Waals surface area contributed by atoms with Crippen LogP contribution in [0.2, 0.25) is 0 Å². The highest BCUT2D eigenvalue weighted by atomic mass is 32.1. The maximum absolute atomic E-state index is 13.2. The van der Waals surface area contributed by atoms with Gasteiger partial charge >= 0.3 is 6.18 Å². The lowest BCUT2D eigenvalue weighted by molar-refractivity contribution is -0.182. The van der Waals surface area contributed by atoms with Gasteiger partial charge in [-0.15, -0.1) is 11.3 Å². The summed E-state index contributed by atoms with van der Waals surface area (Å²) in [5, 5.41) is 15.7. The smallest absolute Gasteiger partial charge is 0.387 e. The Kier molecular flexibility index (Phi) is 4.93. The molecule has 3 unspecified atom stereocenters. The van der Waals surface area contributed by atoms with Crippen molar-refractivity contribution >= 4 is 17.0 Å². The van der Waals surface area contributed by atoms with Crippen LogP contribution in [0.1, 0.15) is 54.9 Å². The van der Waals surface area contributed by atoms with Crippen LogP contribution in [0.5, 0.6) is 0 Å². The van der Waals surface area contributed by atoms with Crippen LogP contribution in [0.15, 0.2) is 17.2 Å². The molecular formula is C17H23F3N2OS. The highest BCUT2D eigenvalue weighted by molar-refractivity contribution is 7.14. The van der Waals surface area contributed by atoms with Crippen LogP contribution in [0, 0.1) is 11.8 Å². The van der Waals surface area contributed by atoms with Crippen LogP contribution in [0.25, 0.3) is 0 Å². The zero-order valence-corrected chi connectivity index (χ0v) is 14.7. The van der Waals surface area contributed by atoms with E-state index in [1.54, 1.807) is 13.0 Å². The predicted molar refractivity (Wildman–Crippen MR) is 89.2 cm³/mol. The van der Waals surface area contributed by atoms with E-state index in [0.717, 1.165) is 40.4 Å². The van der Waals surface area contributed by atoms with Crippen molar-refractivity contribution in [1.82, 2.24) is 5.01 Å². The van der Waals surface area contributed by atoms with E-state index < -0.39 is 24.2 Å². The van der Waals surface area contributed by atoms with Gasteiger partial charge < -0.3 is 5.11 Å². The first-order chi connectivity index (χ1) is 11.3. The first-order valence-corrected chi connectivity index (χ1v) is 9.27. The second-order valence-electron chi connectivity index (χ2n) is 6.88. The molecule has 1 aliphatic heterocycles. The third-order valence-corrected chi connectivity index (χ3v) is 6.35. The van der Waals surface area contributed by atoms with E-state index in [2.05, 4.69) is 5.10 Å². The van der Waals surface area contributed by atoms with Crippen molar-refractivity contribution in [1.29, 1.82) is 0 Å². The standard InChI is InChI=1S/C17H23F3N2OS/c1-10-14(21-22(2)16(10)17(18,19)20)12-8-9-13(24-12)15(23)11-6-4-3-5-7-11/h8-11,15-16,23H,3-7H2,1-2H3. The number of aliphatic hydroxyl groups excluding tert-OH is 1. The van der Waals surface area contributed by atoms with E-state index in [-0.39, 0.29) is 5.92 Å². The number of hydrogen-bond donors (Lipinski definition) is 1. The molecule has 7 heteroatoms. The number of nitrogens with zero attached hydrogens (tertiary/aromatic N) is 2. The van der Waals surface area contributed by atoms with E-state index in [1.807, 2.05) is 6.07 Å². The van der Waals surface area contributed by atoms with E-state index in [9.17, 15) is 18.3 Å². The molecule has 1 aromatic rings. The average Bonchev–Trinajstić information content (AvgIpc) is 3.11. The normalized spacial score (nSPS) is 27.4. The molecule has 0 spiro atoms. The van der Waals surface area contributed by atoms with E-state index in [1.165, 1.54) is 24.8 Å². The van der Waals surface area contributed by atoms with Crippen molar-refractivity contribution in [2.24, 2.45) is 16.9 Å². The van der Waals surface area contributed by atoms with Crippen LogP contribution in [0.4, 0.5) is 13.2 Å². The summed E-state index contributed by atoms with van der Waals surface area (Å²) in [6, 6.07) is 2.06. The number of aliphatic hydroxyl groups is 1. The number of hydrazone groups is 1. The largest absolute Gasteiger partial charge is 0.411 e. The van der Waals surface area contributed by atoms with E-state index in [0.29, 0.717) is 5.71 Å². The van der Waals surface area contributed by atoms with Gasteiger partial charge in [0, 0.05) is 17.8 Å². The fraction of sp³-hybridized carbons (Fsp3) is 0.706. The third kappa shape index (κ3) is 3.33. The lowest BCUT2D eigenvalue weighted by atomic mass is 9.85. The van der Waals surface area contributed by atoms with E-state index >= 15 is 0 Å². The first kappa shape index (κ1) is 17.7. The Morgan fingerprint density at radius 3 is 2.50 bits per heavy atom. The van der Waals surface area contributed by atoms with Gasteiger partial charge in [0.05, 0.1) is 16.7 Å². The number of thiophene rings is 1. The number of hydrogen-bond acceptors (Lipinski definition) is 4. The Morgan fingerprint density at radius 2 is 1.92 bits per heavy atom. The van der Waals surface area contributed by atoms with Gasteiger partial charge in [0.1, 0.15) is 0 Å². The van der Waals surface area contributed by atoms with Crippen molar-refractivity contribution in [3.63, 3.8) is 0 Å². The molecule has 24 heavy (non-hydrogen) atoms. The number of halogens is 3. The number of alkyl halides is 3. The average molecular weight is 360 g/mol. The topological polar surface area (TPSA) is 35.8 Å². The summed E-state index contributed by atoms with van der Waals surface area (Å²) < 4.78 is 39.5. The minimum Gasteiger partial charge on any atom is -0.387 e. The van der Waals surface area contributed by atoms with Crippen molar-refractivity contribution in [2.45, 2.75) is 57.3 Å². The zero-order valence-electron chi connectivity index (χ0n) is 13.9. The SMILES string of the molecule is CC1C(c2ccc(C(O)C3CCCCC3)s2)=NN(C)C1C(F)(F)F. The van der Waals surface area contributed by atoms with Gasteiger partial charge in [0.25, 0.3) is 0 Å². The van der Waals surface area contributed by atoms with Gasteiger partial charge in [-0.1, -0.05) is 26.2 Å². The first-order valence-electron chi connectivity index (χ1n) is 8.45. The molecule has 3 rings (SSSR count). The highest BCUT2D eigenvalue weighted by Crippen LogP contribution is 2.40. The maximum Gasteiger partial charge on any atom is 0.411 e. The van der Waals surface area contributed by atoms with E-state index in [4.69, 9.17) is 0 Å². The van der Waals surface area contributed by atoms with Crippen LogP contribution >= 0.6 is 11.3 Å². The Balaban J connectivity index is 1.77. The molecule has 1 aromatic heterocycles. The summed E-state index contributed by atoms with van der Waals surface area (Å²) in [5.41, 5.74) is 0.465. The Morgan fingerprint density at radius 1 is 1.25 bits per heavy atom. The molecule has 1 aliphatic carbocycles.